The van der Waals surface area contributed by atoms with Gasteiger partial charge in [0.15, 0.2) is 0 Å². The minimum atomic E-state index is 0.598. The number of benzene rings is 2. The molecule has 2 heterocycles. The molecule has 0 atom stereocenters. The number of nitrogens with zero attached hydrogens (tertiary/aromatic N) is 2. The van der Waals surface area contributed by atoms with E-state index in [4.69, 9.17) is 11.6 Å². The lowest BCUT2D eigenvalue weighted by Gasteiger charge is -2.07. The van der Waals surface area contributed by atoms with Crippen LogP contribution < -0.4 is 0 Å². The highest BCUT2D eigenvalue weighted by Gasteiger charge is 2.19. The number of hydrogen-bond donors (Lipinski definition) is 0. The van der Waals surface area contributed by atoms with Crippen LogP contribution in [0.2, 0.25) is 5.02 Å². The standard InChI is InChI=1S/C21H13ClN2/c22-20-18-13-15(14-23)11-12-24(18)21(17-9-5-2-6-10-17)19(20)16-7-3-1-4-8-16/h1-13H. The van der Waals surface area contributed by atoms with E-state index in [1.807, 2.05) is 54.7 Å². The highest BCUT2D eigenvalue weighted by Crippen LogP contribution is 2.42. The number of hydrogen-bond acceptors (Lipinski definition) is 1. The van der Waals surface area contributed by atoms with E-state index in [2.05, 4.69) is 34.7 Å². The van der Waals surface area contributed by atoms with Gasteiger partial charge in [-0.15, -0.1) is 0 Å². The van der Waals surface area contributed by atoms with Crippen molar-refractivity contribution in [1.29, 1.82) is 5.26 Å². The molecule has 0 saturated carbocycles. The Morgan fingerprint density at radius 2 is 1.46 bits per heavy atom. The molecule has 0 bridgehead atoms. The van der Waals surface area contributed by atoms with Gasteiger partial charge in [-0.1, -0.05) is 72.3 Å². The fraction of sp³-hybridized carbons (Fsp3) is 0. The maximum atomic E-state index is 9.20. The molecule has 2 nitrogen and oxygen atoms in total. The summed E-state index contributed by atoms with van der Waals surface area (Å²) in [5.74, 6) is 0. The molecular weight excluding hydrogens is 316 g/mol. The highest BCUT2D eigenvalue weighted by molar-refractivity contribution is 6.38. The zero-order valence-corrected chi connectivity index (χ0v) is 13.5. The van der Waals surface area contributed by atoms with Gasteiger partial charge in [0.1, 0.15) is 0 Å². The number of aromatic nitrogens is 1. The quantitative estimate of drug-likeness (QED) is 0.457. The highest BCUT2D eigenvalue weighted by atomic mass is 35.5. The molecule has 0 unspecified atom stereocenters. The molecule has 4 rings (SSSR count). The molecule has 0 aliphatic heterocycles. The normalized spacial score (nSPS) is 10.7. The Morgan fingerprint density at radius 3 is 2.08 bits per heavy atom. The van der Waals surface area contributed by atoms with E-state index < -0.39 is 0 Å². The van der Waals surface area contributed by atoms with Crippen LogP contribution in [0.3, 0.4) is 0 Å². The van der Waals surface area contributed by atoms with Crippen LogP contribution in [-0.2, 0) is 0 Å². The number of halogens is 1. The molecule has 114 valence electrons. The summed E-state index contributed by atoms with van der Waals surface area (Å²) in [5.41, 5.74) is 5.60. The molecular formula is C21H13ClN2. The van der Waals surface area contributed by atoms with Crippen LogP contribution in [0.5, 0.6) is 0 Å². The van der Waals surface area contributed by atoms with Crippen LogP contribution in [-0.4, -0.2) is 4.40 Å². The van der Waals surface area contributed by atoms with E-state index in [9.17, 15) is 5.26 Å². The van der Waals surface area contributed by atoms with Crippen molar-refractivity contribution < 1.29 is 0 Å². The van der Waals surface area contributed by atoms with Crippen molar-refractivity contribution in [3.05, 3.63) is 89.6 Å². The Kier molecular flexibility index (Phi) is 3.57. The molecule has 4 aromatic rings. The van der Waals surface area contributed by atoms with Crippen LogP contribution in [0.4, 0.5) is 0 Å². The molecule has 0 saturated heterocycles. The van der Waals surface area contributed by atoms with Crippen molar-refractivity contribution >= 4 is 17.1 Å². The number of fused-ring (bicyclic) bond motifs is 1. The molecule has 0 spiro atoms. The SMILES string of the molecule is N#Cc1ccn2c(-c3ccccc3)c(-c3ccccc3)c(Cl)c2c1. The van der Waals surface area contributed by atoms with E-state index in [0.29, 0.717) is 10.6 Å². The first-order chi connectivity index (χ1) is 11.8. The van der Waals surface area contributed by atoms with Gasteiger partial charge in [0.2, 0.25) is 0 Å². The summed E-state index contributed by atoms with van der Waals surface area (Å²) in [6.45, 7) is 0. The molecule has 0 radical (unpaired) electrons. The Bertz CT molecular complexity index is 1060. The second-order valence-corrected chi connectivity index (χ2v) is 5.93. The van der Waals surface area contributed by atoms with E-state index in [1.54, 1.807) is 0 Å². The van der Waals surface area contributed by atoms with Crippen molar-refractivity contribution in [2.75, 3.05) is 0 Å². The fourth-order valence-corrected chi connectivity index (χ4v) is 3.38. The van der Waals surface area contributed by atoms with Crippen molar-refractivity contribution in [2.24, 2.45) is 0 Å². The molecule has 3 heteroatoms. The minimum absolute atomic E-state index is 0.598. The van der Waals surface area contributed by atoms with Crippen LogP contribution in [0.15, 0.2) is 79.0 Å². The van der Waals surface area contributed by atoms with Gasteiger partial charge in [-0.25, -0.2) is 0 Å². The topological polar surface area (TPSA) is 28.2 Å². The maximum absolute atomic E-state index is 9.20. The molecule has 0 aliphatic carbocycles. The van der Waals surface area contributed by atoms with E-state index in [1.165, 1.54) is 0 Å². The predicted molar refractivity (Wildman–Crippen MR) is 98.0 cm³/mol. The Labute approximate surface area is 145 Å². The van der Waals surface area contributed by atoms with Gasteiger partial charge in [0.05, 0.1) is 27.9 Å². The first-order valence-corrected chi connectivity index (χ1v) is 8.02. The summed E-state index contributed by atoms with van der Waals surface area (Å²) >= 11 is 6.75. The van der Waals surface area contributed by atoms with Gasteiger partial charge < -0.3 is 4.40 Å². The van der Waals surface area contributed by atoms with Crippen molar-refractivity contribution in [3.8, 4) is 28.5 Å². The third-order valence-electron chi connectivity index (χ3n) is 4.12. The molecule has 2 aromatic heterocycles. The third kappa shape index (κ3) is 2.27. The third-order valence-corrected chi connectivity index (χ3v) is 4.50. The lowest BCUT2D eigenvalue weighted by Crippen LogP contribution is -1.90. The van der Waals surface area contributed by atoms with Gasteiger partial charge in [0.25, 0.3) is 0 Å². The van der Waals surface area contributed by atoms with Crippen LogP contribution in [0.25, 0.3) is 27.9 Å². The summed E-state index contributed by atoms with van der Waals surface area (Å²) in [5, 5.41) is 9.86. The van der Waals surface area contributed by atoms with E-state index in [-0.39, 0.29) is 0 Å². The van der Waals surface area contributed by atoms with Crippen molar-refractivity contribution in [3.63, 3.8) is 0 Å². The van der Waals surface area contributed by atoms with Crippen LogP contribution >= 0.6 is 11.6 Å². The van der Waals surface area contributed by atoms with Crippen LogP contribution in [0.1, 0.15) is 5.56 Å². The molecule has 2 aromatic carbocycles. The largest absolute Gasteiger partial charge is 0.314 e. The van der Waals surface area contributed by atoms with Crippen LogP contribution in [0, 0.1) is 11.3 Å². The van der Waals surface area contributed by atoms with Crippen molar-refractivity contribution in [2.45, 2.75) is 0 Å². The molecule has 24 heavy (non-hydrogen) atoms. The molecule has 0 fully saturated rings. The first-order valence-electron chi connectivity index (χ1n) is 7.64. The van der Waals surface area contributed by atoms with Gasteiger partial charge in [0, 0.05) is 11.8 Å². The number of nitriles is 1. The van der Waals surface area contributed by atoms with Gasteiger partial charge in [-0.3, -0.25) is 0 Å². The zero-order valence-electron chi connectivity index (χ0n) is 12.8. The van der Waals surface area contributed by atoms with Gasteiger partial charge in [-0.05, 0) is 23.3 Å². The summed E-state index contributed by atoms with van der Waals surface area (Å²) in [6.07, 6.45) is 1.91. The van der Waals surface area contributed by atoms with Crippen molar-refractivity contribution in [1.82, 2.24) is 4.40 Å². The summed E-state index contributed by atoms with van der Waals surface area (Å²) in [6, 6.07) is 26.1. The minimum Gasteiger partial charge on any atom is -0.314 e. The van der Waals surface area contributed by atoms with E-state index in [0.717, 1.165) is 27.9 Å². The summed E-state index contributed by atoms with van der Waals surface area (Å²) in [4.78, 5) is 0. The number of pyridine rings is 1. The maximum Gasteiger partial charge on any atom is 0.0992 e. The van der Waals surface area contributed by atoms with Gasteiger partial charge in [-0.2, -0.15) is 5.26 Å². The molecule has 0 aliphatic rings. The average Bonchev–Trinajstić information content (AvgIpc) is 2.95. The predicted octanol–water partition coefficient (Wildman–Crippen LogP) is 5.80. The summed E-state index contributed by atoms with van der Waals surface area (Å²) < 4.78 is 2.06. The van der Waals surface area contributed by atoms with Gasteiger partial charge >= 0.3 is 0 Å². The smallest absolute Gasteiger partial charge is 0.0992 e. The average molecular weight is 329 g/mol. The fourth-order valence-electron chi connectivity index (χ4n) is 3.03. The Morgan fingerprint density at radius 1 is 0.833 bits per heavy atom. The molecule has 0 amide bonds. The van der Waals surface area contributed by atoms with E-state index >= 15 is 0 Å². The monoisotopic (exact) mass is 328 g/mol. The molecule has 0 N–H and O–H groups in total. The second-order valence-electron chi connectivity index (χ2n) is 5.55. The Hall–Kier alpha value is -3.02. The lowest BCUT2D eigenvalue weighted by molar-refractivity contribution is 1.20. The lowest BCUT2D eigenvalue weighted by atomic mass is 10.0. The second kappa shape index (κ2) is 5.88. The Balaban J connectivity index is 2.14. The summed E-state index contributed by atoms with van der Waals surface area (Å²) in [7, 11) is 0. The zero-order chi connectivity index (χ0) is 16.5. The first kappa shape index (κ1) is 14.6. The number of rotatable bonds is 2.